The predicted molar refractivity (Wildman–Crippen MR) is 148 cm³/mol. The van der Waals surface area contributed by atoms with Crippen molar-refractivity contribution in [2.75, 3.05) is 0 Å². The number of rotatable bonds is 26. The molecule has 34 heavy (non-hydrogen) atoms. The zero-order chi connectivity index (χ0) is 25.5. The van der Waals surface area contributed by atoms with Gasteiger partial charge in [-0.25, -0.2) is 0 Å². The van der Waals surface area contributed by atoms with E-state index >= 15 is 0 Å². The van der Waals surface area contributed by atoms with Gasteiger partial charge < -0.3 is 10.8 Å². The largest absolute Gasteiger partial charge is 0.481 e. The van der Waals surface area contributed by atoms with Crippen LogP contribution in [0.1, 0.15) is 181 Å². The van der Waals surface area contributed by atoms with Crippen LogP contribution in [0.2, 0.25) is 0 Å². The Kier molecular flexibility index (Phi) is 33.0. The van der Waals surface area contributed by atoms with Crippen LogP contribution >= 0.6 is 0 Å². The van der Waals surface area contributed by atoms with E-state index in [0.29, 0.717) is 12.8 Å². The molecule has 204 valence electrons. The molecule has 4 heteroatoms. The van der Waals surface area contributed by atoms with Gasteiger partial charge in [0.1, 0.15) is 0 Å². The van der Waals surface area contributed by atoms with Gasteiger partial charge in [0, 0.05) is 12.8 Å². The topological polar surface area (TPSA) is 80.4 Å². The minimum absolute atomic E-state index is 0.153. The number of aliphatic carboxylic acids is 1. The molecule has 0 radical (unpaired) electrons. The molecule has 0 heterocycles. The smallest absolute Gasteiger partial charge is 0.303 e. The van der Waals surface area contributed by atoms with Crippen LogP contribution < -0.4 is 5.73 Å². The summed E-state index contributed by atoms with van der Waals surface area (Å²) in [7, 11) is 0. The predicted octanol–water partition coefficient (Wildman–Crippen LogP) is 9.73. The Labute approximate surface area is 213 Å². The van der Waals surface area contributed by atoms with Gasteiger partial charge in [-0.1, -0.05) is 155 Å². The number of carbonyl (C=O) groups is 2. The lowest BCUT2D eigenvalue weighted by molar-refractivity contribution is -0.137. The SMILES string of the molecule is CCCCCCCCCCCC(=O)O.CCCCCCCCCCCCCCCCCC(N)=O. The molecular weight excluding hydrogens is 422 g/mol. The third kappa shape index (κ3) is 38.2. The second-order valence-corrected chi connectivity index (χ2v) is 10.1. The molecule has 4 nitrogen and oxygen atoms in total. The Morgan fingerprint density at radius 2 is 0.676 bits per heavy atom. The van der Waals surface area contributed by atoms with Crippen molar-refractivity contribution in [1.29, 1.82) is 0 Å². The van der Waals surface area contributed by atoms with Gasteiger partial charge in [-0.05, 0) is 12.8 Å². The first kappa shape index (κ1) is 35.1. The Morgan fingerprint density at radius 1 is 0.441 bits per heavy atom. The summed E-state index contributed by atoms with van der Waals surface area (Å²) < 4.78 is 0. The van der Waals surface area contributed by atoms with Gasteiger partial charge in [0.05, 0.1) is 0 Å². The molecule has 0 aliphatic carbocycles. The van der Waals surface area contributed by atoms with Crippen LogP contribution in [0.3, 0.4) is 0 Å². The minimum Gasteiger partial charge on any atom is -0.481 e. The number of unbranched alkanes of at least 4 members (excludes halogenated alkanes) is 22. The van der Waals surface area contributed by atoms with Gasteiger partial charge in [0.25, 0.3) is 0 Å². The second kappa shape index (κ2) is 31.9. The summed E-state index contributed by atoms with van der Waals surface area (Å²) >= 11 is 0. The Hall–Kier alpha value is -1.06. The Balaban J connectivity index is 0. The van der Waals surface area contributed by atoms with Crippen LogP contribution in [0.25, 0.3) is 0 Å². The molecule has 0 aliphatic rings. The van der Waals surface area contributed by atoms with Crippen LogP contribution in [-0.2, 0) is 9.59 Å². The molecule has 0 unspecified atom stereocenters. The van der Waals surface area contributed by atoms with Crippen LogP contribution in [0.15, 0.2) is 0 Å². The molecule has 0 aromatic rings. The van der Waals surface area contributed by atoms with Crippen molar-refractivity contribution in [2.45, 2.75) is 181 Å². The number of carboxylic acid groups (broad SMARTS) is 1. The number of hydrogen-bond acceptors (Lipinski definition) is 2. The molecule has 3 N–H and O–H groups in total. The quantitative estimate of drug-likeness (QED) is 0.120. The van der Waals surface area contributed by atoms with Gasteiger partial charge in [0.15, 0.2) is 0 Å². The van der Waals surface area contributed by atoms with E-state index in [-0.39, 0.29) is 5.91 Å². The summed E-state index contributed by atoms with van der Waals surface area (Å²) in [5, 5.41) is 8.41. The van der Waals surface area contributed by atoms with E-state index in [2.05, 4.69) is 13.8 Å². The highest BCUT2D eigenvalue weighted by molar-refractivity contribution is 5.73. The molecule has 0 bridgehead atoms. The lowest BCUT2D eigenvalue weighted by Crippen LogP contribution is -2.09. The normalized spacial score (nSPS) is 10.6. The van der Waals surface area contributed by atoms with E-state index in [4.69, 9.17) is 10.8 Å². The third-order valence-electron chi connectivity index (χ3n) is 6.52. The summed E-state index contributed by atoms with van der Waals surface area (Å²) in [5.74, 6) is -0.812. The van der Waals surface area contributed by atoms with Crippen molar-refractivity contribution in [1.82, 2.24) is 0 Å². The lowest BCUT2D eigenvalue weighted by atomic mass is 10.0. The van der Waals surface area contributed by atoms with Gasteiger partial charge >= 0.3 is 5.97 Å². The molecule has 0 atom stereocenters. The number of amides is 1. The van der Waals surface area contributed by atoms with Crippen molar-refractivity contribution >= 4 is 11.9 Å². The zero-order valence-corrected chi connectivity index (χ0v) is 23.2. The van der Waals surface area contributed by atoms with Crippen LogP contribution in [0.4, 0.5) is 0 Å². The van der Waals surface area contributed by atoms with E-state index < -0.39 is 5.97 Å². The first-order valence-electron chi connectivity index (χ1n) is 15.0. The van der Waals surface area contributed by atoms with Crippen molar-refractivity contribution < 1.29 is 14.7 Å². The highest BCUT2D eigenvalue weighted by Gasteiger charge is 1.97. The van der Waals surface area contributed by atoms with Crippen LogP contribution in [0.5, 0.6) is 0 Å². The van der Waals surface area contributed by atoms with E-state index in [9.17, 15) is 9.59 Å². The number of primary amides is 1. The molecule has 0 saturated heterocycles. The summed E-state index contributed by atoms with van der Waals surface area (Å²) in [4.78, 5) is 20.8. The zero-order valence-electron chi connectivity index (χ0n) is 23.2. The summed E-state index contributed by atoms with van der Waals surface area (Å²) in [5.41, 5.74) is 5.11. The highest BCUT2D eigenvalue weighted by Crippen LogP contribution is 2.13. The van der Waals surface area contributed by atoms with Gasteiger partial charge in [-0.2, -0.15) is 0 Å². The van der Waals surface area contributed by atoms with Crippen molar-refractivity contribution in [3.05, 3.63) is 0 Å². The summed E-state index contributed by atoms with van der Waals surface area (Å²) in [6.07, 6.45) is 32.4. The number of carboxylic acids is 1. The standard InChI is InChI=1S/C18H37NO.C12H24O2/c1-2-3-4-5-6-7-8-9-10-11-12-13-14-15-16-17-18(19)20;1-2-3-4-5-6-7-8-9-10-11-12(13)14/h2-17H2,1H3,(H2,19,20);2-11H2,1H3,(H,13,14). The monoisotopic (exact) mass is 483 g/mol. The van der Waals surface area contributed by atoms with Crippen molar-refractivity contribution in [3.8, 4) is 0 Å². The fourth-order valence-electron chi connectivity index (χ4n) is 4.26. The molecule has 0 fully saturated rings. The average Bonchev–Trinajstić information content (AvgIpc) is 2.80. The Morgan fingerprint density at radius 3 is 0.912 bits per heavy atom. The van der Waals surface area contributed by atoms with Crippen LogP contribution in [-0.4, -0.2) is 17.0 Å². The number of nitrogens with two attached hydrogens (primary N) is 1. The molecule has 0 aromatic heterocycles. The van der Waals surface area contributed by atoms with Gasteiger partial charge in [0.2, 0.25) is 5.91 Å². The molecule has 0 aromatic carbocycles. The van der Waals surface area contributed by atoms with Gasteiger partial charge in [-0.15, -0.1) is 0 Å². The molecule has 0 aliphatic heterocycles. The van der Waals surface area contributed by atoms with Crippen molar-refractivity contribution in [2.24, 2.45) is 5.73 Å². The maximum atomic E-state index is 10.6. The maximum Gasteiger partial charge on any atom is 0.303 e. The maximum absolute atomic E-state index is 10.6. The summed E-state index contributed by atoms with van der Waals surface area (Å²) in [6, 6.07) is 0. The lowest BCUT2D eigenvalue weighted by Gasteiger charge is -2.03. The fourth-order valence-corrected chi connectivity index (χ4v) is 4.26. The van der Waals surface area contributed by atoms with Gasteiger partial charge in [-0.3, -0.25) is 9.59 Å². The minimum atomic E-state index is -0.659. The molecule has 0 spiro atoms. The van der Waals surface area contributed by atoms with E-state index in [1.165, 1.54) is 135 Å². The molecule has 0 rings (SSSR count). The average molecular weight is 484 g/mol. The molecular formula is C30H61NO3. The number of hydrogen-bond donors (Lipinski definition) is 2. The first-order chi connectivity index (χ1) is 16.5. The highest BCUT2D eigenvalue weighted by atomic mass is 16.4. The second-order valence-electron chi connectivity index (χ2n) is 10.1. The molecule has 1 amide bonds. The third-order valence-corrected chi connectivity index (χ3v) is 6.52. The molecule has 0 saturated carbocycles. The van der Waals surface area contributed by atoms with Crippen LogP contribution in [0, 0.1) is 0 Å². The van der Waals surface area contributed by atoms with E-state index in [0.717, 1.165) is 19.3 Å². The Bertz CT molecular complexity index is 412. The van der Waals surface area contributed by atoms with E-state index in [1.807, 2.05) is 0 Å². The van der Waals surface area contributed by atoms with Crippen molar-refractivity contribution in [3.63, 3.8) is 0 Å². The van der Waals surface area contributed by atoms with E-state index in [1.54, 1.807) is 0 Å². The number of carbonyl (C=O) groups excluding carboxylic acids is 1. The summed E-state index contributed by atoms with van der Waals surface area (Å²) in [6.45, 7) is 4.50. The first-order valence-corrected chi connectivity index (χ1v) is 15.0. The fraction of sp³-hybridized carbons (Fsp3) is 0.933.